The molecular weight excluding hydrogens is 311 g/mol. The van der Waals surface area contributed by atoms with Crippen LogP contribution in [-0.4, -0.2) is 32.5 Å². The number of carbonyl (C=O) groups excluding carboxylic acids is 1. The molecule has 0 aliphatic carbocycles. The van der Waals surface area contributed by atoms with E-state index in [4.69, 9.17) is 4.52 Å². The lowest BCUT2D eigenvalue weighted by Crippen LogP contribution is -2.36. The van der Waals surface area contributed by atoms with Crippen LogP contribution in [-0.2, 0) is 13.0 Å². The molecule has 0 radical (unpaired) electrons. The van der Waals surface area contributed by atoms with Crippen molar-refractivity contribution in [2.45, 2.75) is 19.9 Å². The van der Waals surface area contributed by atoms with Gasteiger partial charge in [-0.25, -0.2) is 9.37 Å². The van der Waals surface area contributed by atoms with E-state index in [0.717, 1.165) is 11.4 Å². The Kier molecular flexibility index (Phi) is 3.41. The second-order valence-corrected chi connectivity index (χ2v) is 5.78. The number of hydrogen-bond donors (Lipinski definition) is 1. The van der Waals surface area contributed by atoms with Crippen LogP contribution < -0.4 is 0 Å². The number of aromatic nitrogens is 3. The Bertz CT molecular complexity index is 915. The zero-order valence-electron chi connectivity index (χ0n) is 13.0. The number of H-pyrrole nitrogens is 1. The van der Waals surface area contributed by atoms with Crippen molar-refractivity contribution in [2.75, 3.05) is 6.54 Å². The molecule has 1 N–H and O–H groups in total. The molecule has 122 valence electrons. The van der Waals surface area contributed by atoms with Gasteiger partial charge < -0.3 is 14.4 Å². The van der Waals surface area contributed by atoms with Crippen LogP contribution in [0.5, 0.6) is 0 Å². The molecule has 1 aliphatic rings. The van der Waals surface area contributed by atoms with Gasteiger partial charge in [-0.2, -0.15) is 0 Å². The molecular formula is C17H15FN4O2. The van der Waals surface area contributed by atoms with E-state index in [-0.39, 0.29) is 11.7 Å². The fraction of sp³-hybridized carbons (Fsp3) is 0.235. The topological polar surface area (TPSA) is 75.0 Å². The minimum atomic E-state index is -0.383. The maximum Gasteiger partial charge on any atom is 0.260 e. The minimum Gasteiger partial charge on any atom is -0.360 e. The SMILES string of the molecule is Cc1onc(-c2cccc(F)c2)c1C(=O)N1CCc2nc[nH]c2C1. The fourth-order valence-corrected chi connectivity index (χ4v) is 3.00. The third kappa shape index (κ3) is 2.38. The third-order valence-corrected chi connectivity index (χ3v) is 4.24. The summed E-state index contributed by atoms with van der Waals surface area (Å²) in [4.78, 5) is 22.0. The zero-order chi connectivity index (χ0) is 16.7. The Hall–Kier alpha value is -2.96. The predicted molar refractivity (Wildman–Crippen MR) is 83.7 cm³/mol. The van der Waals surface area contributed by atoms with Crippen molar-refractivity contribution in [1.29, 1.82) is 0 Å². The minimum absolute atomic E-state index is 0.173. The summed E-state index contributed by atoms with van der Waals surface area (Å²) in [6.07, 6.45) is 2.34. The molecule has 0 saturated heterocycles. The van der Waals surface area contributed by atoms with Gasteiger partial charge in [0.25, 0.3) is 5.91 Å². The first-order chi connectivity index (χ1) is 11.6. The molecule has 3 heterocycles. The van der Waals surface area contributed by atoms with Crippen LogP contribution in [0.1, 0.15) is 27.5 Å². The predicted octanol–water partition coefficient (Wildman–Crippen LogP) is 2.71. The van der Waals surface area contributed by atoms with Crippen molar-refractivity contribution in [3.8, 4) is 11.3 Å². The van der Waals surface area contributed by atoms with E-state index in [1.165, 1.54) is 12.1 Å². The Labute approximate surface area is 137 Å². The quantitative estimate of drug-likeness (QED) is 0.786. The largest absolute Gasteiger partial charge is 0.360 e. The van der Waals surface area contributed by atoms with Gasteiger partial charge in [0.15, 0.2) is 0 Å². The Morgan fingerprint density at radius 1 is 1.42 bits per heavy atom. The lowest BCUT2D eigenvalue weighted by molar-refractivity contribution is 0.0731. The average molecular weight is 326 g/mol. The molecule has 0 spiro atoms. The van der Waals surface area contributed by atoms with E-state index in [1.807, 2.05) is 0 Å². The molecule has 2 aromatic heterocycles. The highest BCUT2D eigenvalue weighted by Gasteiger charge is 2.29. The van der Waals surface area contributed by atoms with E-state index >= 15 is 0 Å². The summed E-state index contributed by atoms with van der Waals surface area (Å²) in [7, 11) is 0. The number of amides is 1. The van der Waals surface area contributed by atoms with Gasteiger partial charge in [0.1, 0.15) is 22.8 Å². The number of aromatic amines is 1. The molecule has 0 fully saturated rings. The summed E-state index contributed by atoms with van der Waals surface area (Å²) in [5.74, 6) is -0.130. The Morgan fingerprint density at radius 2 is 2.29 bits per heavy atom. The number of fused-ring (bicyclic) bond motifs is 1. The van der Waals surface area contributed by atoms with Gasteiger partial charge in [-0.15, -0.1) is 0 Å². The zero-order valence-corrected chi connectivity index (χ0v) is 13.0. The molecule has 0 unspecified atom stereocenters. The number of aryl methyl sites for hydroxylation is 1. The van der Waals surface area contributed by atoms with Crippen LogP contribution in [0.15, 0.2) is 35.1 Å². The fourth-order valence-electron chi connectivity index (χ4n) is 3.00. The molecule has 0 bridgehead atoms. The van der Waals surface area contributed by atoms with Gasteiger partial charge >= 0.3 is 0 Å². The smallest absolute Gasteiger partial charge is 0.260 e. The highest BCUT2D eigenvalue weighted by molar-refractivity contribution is 6.00. The van der Waals surface area contributed by atoms with E-state index in [2.05, 4.69) is 15.1 Å². The normalized spacial score (nSPS) is 13.8. The van der Waals surface area contributed by atoms with Crippen LogP contribution in [0.3, 0.4) is 0 Å². The molecule has 7 heteroatoms. The number of rotatable bonds is 2. The molecule has 1 aromatic carbocycles. The van der Waals surface area contributed by atoms with Crippen LogP contribution in [0.25, 0.3) is 11.3 Å². The van der Waals surface area contributed by atoms with Crippen molar-refractivity contribution in [3.63, 3.8) is 0 Å². The van der Waals surface area contributed by atoms with Crippen molar-refractivity contribution in [3.05, 3.63) is 59.1 Å². The highest BCUT2D eigenvalue weighted by atomic mass is 19.1. The molecule has 0 atom stereocenters. The number of imidazole rings is 1. The Balaban J connectivity index is 1.70. The average Bonchev–Trinajstić information content (AvgIpc) is 3.19. The molecule has 4 rings (SSSR count). The highest BCUT2D eigenvalue weighted by Crippen LogP contribution is 2.28. The first-order valence-corrected chi connectivity index (χ1v) is 7.66. The second kappa shape index (κ2) is 5.59. The molecule has 6 nitrogen and oxygen atoms in total. The van der Waals surface area contributed by atoms with Crippen molar-refractivity contribution < 1.29 is 13.7 Å². The van der Waals surface area contributed by atoms with E-state index < -0.39 is 0 Å². The summed E-state index contributed by atoms with van der Waals surface area (Å²) < 4.78 is 18.7. The van der Waals surface area contributed by atoms with Crippen LogP contribution in [0, 0.1) is 12.7 Å². The first-order valence-electron chi connectivity index (χ1n) is 7.66. The number of nitrogens with one attached hydrogen (secondary N) is 1. The van der Waals surface area contributed by atoms with Crippen LogP contribution in [0.2, 0.25) is 0 Å². The summed E-state index contributed by atoms with van der Waals surface area (Å²) in [6.45, 7) is 2.72. The van der Waals surface area contributed by atoms with E-state index in [1.54, 1.807) is 30.3 Å². The molecule has 0 saturated carbocycles. The maximum atomic E-state index is 13.5. The van der Waals surface area contributed by atoms with Crippen molar-refractivity contribution in [1.82, 2.24) is 20.0 Å². The van der Waals surface area contributed by atoms with Gasteiger partial charge in [0.2, 0.25) is 0 Å². The number of nitrogens with zero attached hydrogens (tertiary/aromatic N) is 3. The lowest BCUT2D eigenvalue weighted by Gasteiger charge is -2.26. The van der Waals surface area contributed by atoms with Gasteiger partial charge in [0, 0.05) is 18.5 Å². The number of halogens is 1. The first kappa shape index (κ1) is 14.6. The van der Waals surface area contributed by atoms with Gasteiger partial charge in [0.05, 0.1) is 24.3 Å². The van der Waals surface area contributed by atoms with E-state index in [0.29, 0.717) is 42.1 Å². The summed E-state index contributed by atoms with van der Waals surface area (Å²) in [5.41, 5.74) is 3.20. The summed E-state index contributed by atoms with van der Waals surface area (Å²) >= 11 is 0. The van der Waals surface area contributed by atoms with Crippen LogP contribution in [0.4, 0.5) is 4.39 Å². The summed E-state index contributed by atoms with van der Waals surface area (Å²) in [6, 6.07) is 5.99. The van der Waals surface area contributed by atoms with Crippen molar-refractivity contribution in [2.24, 2.45) is 0 Å². The third-order valence-electron chi connectivity index (χ3n) is 4.24. The van der Waals surface area contributed by atoms with Crippen LogP contribution >= 0.6 is 0 Å². The summed E-state index contributed by atoms with van der Waals surface area (Å²) in [5, 5.41) is 3.97. The number of hydrogen-bond acceptors (Lipinski definition) is 4. The molecule has 1 aliphatic heterocycles. The maximum absolute atomic E-state index is 13.5. The van der Waals surface area contributed by atoms with Crippen molar-refractivity contribution >= 4 is 5.91 Å². The number of carbonyl (C=O) groups is 1. The molecule has 3 aromatic rings. The monoisotopic (exact) mass is 326 g/mol. The van der Waals surface area contributed by atoms with E-state index in [9.17, 15) is 9.18 Å². The van der Waals surface area contributed by atoms with Gasteiger partial charge in [-0.05, 0) is 19.1 Å². The molecule has 1 amide bonds. The second-order valence-electron chi connectivity index (χ2n) is 5.78. The van der Waals surface area contributed by atoms with Gasteiger partial charge in [-0.1, -0.05) is 17.3 Å². The molecule has 24 heavy (non-hydrogen) atoms. The van der Waals surface area contributed by atoms with Gasteiger partial charge in [-0.3, -0.25) is 4.79 Å². The number of benzene rings is 1. The lowest BCUT2D eigenvalue weighted by atomic mass is 10.0. The standard InChI is InChI=1S/C17H15FN4O2/c1-10-15(16(21-24-10)11-3-2-4-12(18)7-11)17(23)22-6-5-13-14(8-22)20-9-19-13/h2-4,7,9H,5-6,8H2,1H3,(H,19,20). The Morgan fingerprint density at radius 3 is 3.12 bits per heavy atom.